The summed E-state index contributed by atoms with van der Waals surface area (Å²) < 4.78 is 1.71. The van der Waals surface area contributed by atoms with Crippen molar-refractivity contribution in [1.29, 1.82) is 0 Å². The number of nitrogens with zero attached hydrogens (tertiary/aromatic N) is 3. The van der Waals surface area contributed by atoms with Gasteiger partial charge in [0.2, 0.25) is 0 Å². The molecule has 0 fully saturated rings. The molecule has 0 aliphatic rings. The van der Waals surface area contributed by atoms with Gasteiger partial charge in [-0.05, 0) is 40.1 Å². The molecule has 86 valence electrons. The third-order valence-electron chi connectivity index (χ3n) is 2.81. The first kappa shape index (κ1) is 10.4. The summed E-state index contributed by atoms with van der Waals surface area (Å²) in [5, 5.41) is 22.1. The molecule has 1 atom stereocenters. The van der Waals surface area contributed by atoms with Crippen molar-refractivity contribution in [3.05, 3.63) is 46.2 Å². The average Bonchev–Trinajstić information content (AvgIpc) is 2.98. The van der Waals surface area contributed by atoms with Crippen LogP contribution in [-0.4, -0.2) is 20.1 Å². The first-order valence-electron chi connectivity index (χ1n) is 5.25. The van der Waals surface area contributed by atoms with Gasteiger partial charge in [-0.15, -0.1) is 5.10 Å². The summed E-state index contributed by atoms with van der Waals surface area (Å²) in [7, 11) is 1.84. The molecule has 1 unspecified atom stereocenters. The molecule has 0 spiro atoms. The minimum Gasteiger partial charge on any atom is -0.384 e. The lowest BCUT2D eigenvalue weighted by atomic mass is 10.0. The highest BCUT2D eigenvalue weighted by Gasteiger charge is 2.12. The Bertz CT molecular complexity index is 645. The normalized spacial score (nSPS) is 13.1. The van der Waals surface area contributed by atoms with E-state index in [0.717, 1.165) is 22.2 Å². The van der Waals surface area contributed by atoms with Gasteiger partial charge in [0.05, 0.1) is 5.52 Å². The molecule has 2 heterocycles. The number of fused-ring (bicyclic) bond motifs is 1. The summed E-state index contributed by atoms with van der Waals surface area (Å²) in [5.74, 6) is 0. The van der Waals surface area contributed by atoms with E-state index >= 15 is 0 Å². The smallest absolute Gasteiger partial charge is 0.113 e. The Kier molecular flexibility index (Phi) is 2.42. The van der Waals surface area contributed by atoms with Crippen LogP contribution < -0.4 is 0 Å². The number of aliphatic hydroxyl groups is 1. The number of aromatic nitrogens is 3. The minimum atomic E-state index is -0.583. The zero-order valence-electron chi connectivity index (χ0n) is 9.24. The van der Waals surface area contributed by atoms with Gasteiger partial charge in [-0.3, -0.25) is 0 Å². The van der Waals surface area contributed by atoms with Crippen molar-refractivity contribution < 1.29 is 5.11 Å². The highest BCUT2D eigenvalue weighted by molar-refractivity contribution is 7.07. The van der Waals surface area contributed by atoms with Gasteiger partial charge < -0.3 is 5.11 Å². The fourth-order valence-corrected chi connectivity index (χ4v) is 2.52. The standard InChI is InChI=1S/C12H11N3OS/c1-15-11-6-8(2-3-10(11)13-14-15)12(16)9-4-5-17-7-9/h2-7,12,16H,1H3. The van der Waals surface area contributed by atoms with E-state index in [9.17, 15) is 5.11 Å². The molecule has 17 heavy (non-hydrogen) atoms. The van der Waals surface area contributed by atoms with Gasteiger partial charge in [-0.2, -0.15) is 11.3 Å². The van der Waals surface area contributed by atoms with Crippen molar-refractivity contribution in [2.24, 2.45) is 7.05 Å². The summed E-state index contributed by atoms with van der Waals surface area (Å²) >= 11 is 1.58. The Hall–Kier alpha value is -1.72. The Morgan fingerprint density at radius 3 is 2.94 bits per heavy atom. The fraction of sp³-hybridized carbons (Fsp3) is 0.167. The van der Waals surface area contributed by atoms with E-state index in [2.05, 4.69) is 10.3 Å². The highest BCUT2D eigenvalue weighted by Crippen LogP contribution is 2.25. The van der Waals surface area contributed by atoms with Crippen LogP contribution >= 0.6 is 11.3 Å². The van der Waals surface area contributed by atoms with Gasteiger partial charge in [0.15, 0.2) is 0 Å². The van der Waals surface area contributed by atoms with Crippen LogP contribution in [0.3, 0.4) is 0 Å². The summed E-state index contributed by atoms with van der Waals surface area (Å²) in [6.45, 7) is 0. The molecular formula is C12H11N3OS. The first-order valence-corrected chi connectivity index (χ1v) is 6.19. The molecule has 0 saturated carbocycles. The number of rotatable bonds is 2. The van der Waals surface area contributed by atoms with Crippen molar-refractivity contribution in [2.45, 2.75) is 6.10 Å². The second kappa shape index (κ2) is 3.94. The zero-order valence-corrected chi connectivity index (χ0v) is 10.1. The van der Waals surface area contributed by atoms with Gasteiger partial charge in [0, 0.05) is 7.05 Å². The number of benzene rings is 1. The SMILES string of the molecule is Cn1nnc2ccc(C(O)c3ccsc3)cc21. The zero-order chi connectivity index (χ0) is 11.8. The predicted octanol–water partition coefficient (Wildman–Crippen LogP) is 2.11. The van der Waals surface area contributed by atoms with Crippen LogP contribution in [0.15, 0.2) is 35.0 Å². The van der Waals surface area contributed by atoms with Crippen LogP contribution in [0.4, 0.5) is 0 Å². The van der Waals surface area contributed by atoms with Crippen LogP contribution in [0.5, 0.6) is 0 Å². The third kappa shape index (κ3) is 1.73. The third-order valence-corrected chi connectivity index (χ3v) is 3.51. The van der Waals surface area contributed by atoms with Crippen LogP contribution in [0.1, 0.15) is 17.2 Å². The first-order chi connectivity index (χ1) is 8.25. The second-order valence-corrected chi connectivity index (χ2v) is 4.70. The van der Waals surface area contributed by atoms with Crippen LogP contribution in [-0.2, 0) is 7.05 Å². The molecule has 0 saturated heterocycles. The maximum absolute atomic E-state index is 10.2. The molecule has 5 heteroatoms. The van der Waals surface area contributed by atoms with Gasteiger partial charge in [0.25, 0.3) is 0 Å². The largest absolute Gasteiger partial charge is 0.384 e. The van der Waals surface area contributed by atoms with Gasteiger partial charge in [-0.25, -0.2) is 4.68 Å². The van der Waals surface area contributed by atoms with E-state index < -0.39 is 6.10 Å². The Morgan fingerprint density at radius 1 is 1.29 bits per heavy atom. The molecule has 0 aliphatic heterocycles. The molecule has 3 aromatic rings. The van der Waals surface area contributed by atoms with Crippen molar-refractivity contribution in [1.82, 2.24) is 15.0 Å². The highest BCUT2D eigenvalue weighted by atomic mass is 32.1. The quantitative estimate of drug-likeness (QED) is 0.752. The Balaban J connectivity index is 2.08. The molecule has 0 aliphatic carbocycles. The number of aliphatic hydroxyl groups excluding tert-OH is 1. The lowest BCUT2D eigenvalue weighted by molar-refractivity contribution is 0.221. The molecule has 0 amide bonds. The molecule has 0 bridgehead atoms. The van der Waals surface area contributed by atoms with Gasteiger partial charge in [-0.1, -0.05) is 11.3 Å². The van der Waals surface area contributed by atoms with Crippen molar-refractivity contribution in [3.63, 3.8) is 0 Å². The molecule has 1 N–H and O–H groups in total. The maximum atomic E-state index is 10.2. The van der Waals surface area contributed by atoms with Crippen molar-refractivity contribution >= 4 is 22.4 Å². The molecule has 3 rings (SSSR count). The number of thiophene rings is 1. The predicted molar refractivity (Wildman–Crippen MR) is 66.9 cm³/mol. The van der Waals surface area contributed by atoms with E-state index in [0.29, 0.717) is 0 Å². The van der Waals surface area contributed by atoms with Gasteiger partial charge >= 0.3 is 0 Å². The molecular weight excluding hydrogens is 234 g/mol. The van der Waals surface area contributed by atoms with Gasteiger partial charge in [0.1, 0.15) is 11.6 Å². The van der Waals surface area contributed by atoms with Crippen LogP contribution in [0, 0.1) is 0 Å². The van der Waals surface area contributed by atoms with E-state index in [1.807, 2.05) is 42.1 Å². The summed E-state index contributed by atoms with van der Waals surface area (Å²) in [6.07, 6.45) is -0.583. The van der Waals surface area contributed by atoms with Crippen LogP contribution in [0.2, 0.25) is 0 Å². The number of hydrogen-bond donors (Lipinski definition) is 1. The van der Waals surface area contributed by atoms with E-state index in [1.165, 1.54) is 0 Å². The Labute approximate surface area is 102 Å². The lowest BCUT2D eigenvalue weighted by Gasteiger charge is -2.09. The summed E-state index contributed by atoms with van der Waals surface area (Å²) in [5.41, 5.74) is 3.55. The maximum Gasteiger partial charge on any atom is 0.113 e. The van der Waals surface area contributed by atoms with E-state index in [1.54, 1.807) is 16.0 Å². The van der Waals surface area contributed by atoms with Crippen LogP contribution in [0.25, 0.3) is 11.0 Å². The molecule has 0 radical (unpaired) electrons. The molecule has 1 aromatic carbocycles. The molecule has 4 nitrogen and oxygen atoms in total. The minimum absolute atomic E-state index is 0.583. The number of hydrogen-bond acceptors (Lipinski definition) is 4. The summed E-state index contributed by atoms with van der Waals surface area (Å²) in [4.78, 5) is 0. The number of aryl methyl sites for hydroxylation is 1. The monoisotopic (exact) mass is 245 g/mol. The summed E-state index contributed by atoms with van der Waals surface area (Å²) in [6, 6.07) is 7.63. The van der Waals surface area contributed by atoms with Crippen molar-refractivity contribution in [3.8, 4) is 0 Å². The Morgan fingerprint density at radius 2 is 2.18 bits per heavy atom. The lowest BCUT2D eigenvalue weighted by Crippen LogP contribution is -1.98. The topological polar surface area (TPSA) is 50.9 Å². The van der Waals surface area contributed by atoms with E-state index in [-0.39, 0.29) is 0 Å². The average molecular weight is 245 g/mol. The molecule has 2 aromatic heterocycles. The van der Waals surface area contributed by atoms with E-state index in [4.69, 9.17) is 0 Å². The second-order valence-electron chi connectivity index (χ2n) is 3.92. The fourth-order valence-electron chi connectivity index (χ4n) is 1.84. The van der Waals surface area contributed by atoms with Crippen molar-refractivity contribution in [2.75, 3.05) is 0 Å².